The molecule has 0 radical (unpaired) electrons. The molecule has 3 aliphatic rings. The minimum Gasteiger partial charge on any atom is -0.432 e. The van der Waals surface area contributed by atoms with Crippen molar-refractivity contribution in [3.05, 3.63) is 35.2 Å². The Hall–Kier alpha value is -3.68. The third kappa shape index (κ3) is 8.43. The Bertz CT molecular complexity index is 1720. The lowest BCUT2D eigenvalue weighted by atomic mass is 10.0. The molecule has 20 heteroatoms. The molecule has 0 saturated carbocycles. The van der Waals surface area contributed by atoms with Gasteiger partial charge in [0.2, 0.25) is 11.9 Å². The van der Waals surface area contributed by atoms with E-state index in [1.807, 2.05) is 4.31 Å². The first-order valence-corrected chi connectivity index (χ1v) is 17.8. The van der Waals surface area contributed by atoms with Crippen LogP contribution >= 0.6 is 11.6 Å². The number of nitrogens with one attached hydrogen (secondary N) is 2. The van der Waals surface area contributed by atoms with Crippen LogP contribution in [0.15, 0.2) is 24.5 Å². The molecule has 2 atom stereocenters. The SMILES string of the molecule is O=C1CCC(n2nc(Cl)c3cc(N4CCN(CCCS(=O)N5CCC(Nc6ncc(OC(F)F)cn6)CC5)CC4)c(C(F)(F)F)cc32)C(=O)N1. The lowest BCUT2D eigenvalue weighted by Gasteiger charge is -2.37. The van der Waals surface area contributed by atoms with Crippen molar-refractivity contribution in [1.82, 2.24) is 34.3 Å². The number of alkyl halides is 5. The van der Waals surface area contributed by atoms with Gasteiger partial charge in [0.15, 0.2) is 10.9 Å². The van der Waals surface area contributed by atoms with Gasteiger partial charge in [-0.25, -0.2) is 18.5 Å². The number of piperidine rings is 2. The van der Waals surface area contributed by atoms with Crippen LogP contribution in [0.3, 0.4) is 0 Å². The number of benzene rings is 1. The molecule has 0 bridgehead atoms. The van der Waals surface area contributed by atoms with Crippen molar-refractivity contribution in [2.45, 2.75) is 57.0 Å². The molecule has 5 heterocycles. The van der Waals surface area contributed by atoms with E-state index in [2.05, 4.69) is 35.3 Å². The van der Waals surface area contributed by atoms with E-state index in [1.54, 1.807) is 4.90 Å². The van der Waals surface area contributed by atoms with E-state index in [1.165, 1.54) is 23.1 Å². The number of piperazine rings is 1. The summed E-state index contributed by atoms with van der Waals surface area (Å²) in [7, 11) is -1.19. The maximum absolute atomic E-state index is 14.4. The normalized spacial score (nSPS) is 20.8. The number of fused-ring (bicyclic) bond motifs is 1. The molecule has 3 aliphatic heterocycles. The van der Waals surface area contributed by atoms with E-state index >= 15 is 0 Å². The predicted octanol–water partition coefficient (Wildman–Crippen LogP) is 3.83. The van der Waals surface area contributed by atoms with Gasteiger partial charge in [0.25, 0.3) is 5.91 Å². The summed E-state index contributed by atoms with van der Waals surface area (Å²) in [4.78, 5) is 35.9. The fourth-order valence-electron chi connectivity index (χ4n) is 6.47. The van der Waals surface area contributed by atoms with Gasteiger partial charge in [-0.3, -0.25) is 24.5 Å². The average molecular weight is 748 g/mol. The van der Waals surface area contributed by atoms with E-state index in [-0.39, 0.29) is 46.4 Å². The largest absolute Gasteiger partial charge is 0.432 e. The first kappa shape index (κ1) is 36.1. The monoisotopic (exact) mass is 747 g/mol. The highest BCUT2D eigenvalue weighted by Gasteiger charge is 2.38. The molecule has 50 heavy (non-hydrogen) atoms. The highest BCUT2D eigenvalue weighted by molar-refractivity contribution is 7.82. The summed E-state index contributed by atoms with van der Waals surface area (Å²) in [5.41, 5.74) is -0.808. The topological polar surface area (TPSA) is 138 Å². The summed E-state index contributed by atoms with van der Waals surface area (Å²) in [6.45, 7) is 0.584. The summed E-state index contributed by atoms with van der Waals surface area (Å²) >= 11 is 6.37. The molecule has 0 spiro atoms. The highest BCUT2D eigenvalue weighted by Crippen LogP contribution is 2.42. The van der Waals surface area contributed by atoms with Crippen molar-refractivity contribution >= 4 is 56.9 Å². The van der Waals surface area contributed by atoms with Gasteiger partial charge >= 0.3 is 12.8 Å². The van der Waals surface area contributed by atoms with Crippen molar-refractivity contribution in [3.63, 3.8) is 0 Å². The molecule has 3 fully saturated rings. The molecule has 2 aromatic heterocycles. The van der Waals surface area contributed by atoms with Crippen LogP contribution < -0.4 is 20.3 Å². The molecule has 2 N–H and O–H groups in total. The van der Waals surface area contributed by atoms with Crippen LogP contribution in [0, 0.1) is 0 Å². The number of carbonyl (C=O) groups excluding carboxylic acids is 2. The molecular formula is C30H35ClF5N9O4S. The van der Waals surface area contributed by atoms with Gasteiger partial charge in [-0.2, -0.15) is 27.1 Å². The third-order valence-electron chi connectivity index (χ3n) is 9.02. The summed E-state index contributed by atoms with van der Waals surface area (Å²) in [5, 5.41) is 9.80. The Kier molecular flexibility index (Phi) is 11.0. The molecule has 2 unspecified atom stereocenters. The second-order valence-electron chi connectivity index (χ2n) is 12.3. The number of imide groups is 1. The highest BCUT2D eigenvalue weighted by atomic mass is 35.5. The van der Waals surface area contributed by atoms with Crippen LogP contribution in [0.25, 0.3) is 10.9 Å². The van der Waals surface area contributed by atoms with Crippen molar-refractivity contribution < 1.29 is 40.5 Å². The van der Waals surface area contributed by atoms with Crippen molar-refractivity contribution in [1.29, 1.82) is 0 Å². The van der Waals surface area contributed by atoms with E-state index < -0.39 is 47.2 Å². The molecular weight excluding hydrogens is 713 g/mol. The van der Waals surface area contributed by atoms with Gasteiger partial charge in [0, 0.05) is 68.6 Å². The first-order chi connectivity index (χ1) is 23.9. The number of nitrogens with zero attached hydrogens (tertiary/aromatic N) is 7. The Balaban J connectivity index is 0.986. The zero-order valence-electron chi connectivity index (χ0n) is 26.7. The number of anilines is 2. The van der Waals surface area contributed by atoms with Crippen LogP contribution in [-0.2, 0) is 26.8 Å². The summed E-state index contributed by atoms with van der Waals surface area (Å²) in [6, 6.07) is 1.44. The number of halogens is 6. The molecule has 2 amide bonds. The average Bonchev–Trinajstić information content (AvgIpc) is 3.40. The molecule has 3 aromatic rings. The molecule has 13 nitrogen and oxygen atoms in total. The molecule has 6 rings (SSSR count). The second-order valence-corrected chi connectivity index (χ2v) is 14.2. The van der Waals surface area contributed by atoms with Gasteiger partial charge in [0.1, 0.15) is 6.04 Å². The maximum Gasteiger partial charge on any atom is 0.418 e. The predicted molar refractivity (Wildman–Crippen MR) is 174 cm³/mol. The first-order valence-electron chi connectivity index (χ1n) is 16.1. The number of hydrogen-bond acceptors (Lipinski definition) is 10. The van der Waals surface area contributed by atoms with Crippen LogP contribution in [0.2, 0.25) is 5.15 Å². The van der Waals surface area contributed by atoms with Crippen LogP contribution in [0.4, 0.5) is 33.6 Å². The summed E-state index contributed by atoms with van der Waals surface area (Å²) in [6.07, 6.45) is -0.161. The number of aromatic nitrogens is 4. The Morgan fingerprint density at radius 3 is 2.38 bits per heavy atom. The Morgan fingerprint density at radius 1 is 1.04 bits per heavy atom. The summed E-state index contributed by atoms with van der Waals surface area (Å²) in [5.74, 6) is -0.464. The van der Waals surface area contributed by atoms with E-state index in [0.29, 0.717) is 76.8 Å². The minimum atomic E-state index is -4.69. The smallest absolute Gasteiger partial charge is 0.418 e. The number of hydrogen-bond donors (Lipinski definition) is 2. The van der Waals surface area contributed by atoms with Crippen LogP contribution in [-0.4, -0.2) is 109 Å². The van der Waals surface area contributed by atoms with Crippen LogP contribution in [0.1, 0.15) is 43.7 Å². The number of carbonyl (C=O) groups is 2. The Labute approximate surface area is 291 Å². The van der Waals surface area contributed by atoms with Crippen molar-refractivity contribution in [2.75, 3.05) is 61.8 Å². The number of amides is 2. The van der Waals surface area contributed by atoms with Gasteiger partial charge in [-0.1, -0.05) is 11.6 Å². The van der Waals surface area contributed by atoms with Gasteiger partial charge in [-0.05, 0) is 44.4 Å². The zero-order chi connectivity index (χ0) is 35.6. The van der Waals surface area contributed by atoms with Crippen molar-refractivity contribution in [3.8, 4) is 5.75 Å². The van der Waals surface area contributed by atoms with Gasteiger partial charge < -0.3 is 15.0 Å². The maximum atomic E-state index is 14.4. The Morgan fingerprint density at radius 2 is 1.74 bits per heavy atom. The standard InChI is InChI=1S/C30H35ClF5N9O4S/c31-26-20-14-24(21(30(34,35)36)15-23(20)45(41-26)22-2-3-25(46)40-27(22)47)43-11-9-42(10-12-43)6-1-13-50(48)44-7-4-18(5-8-44)39-29-37-16-19(17-38-29)49-28(32)33/h14-18,22,28H,1-13H2,(H,37,38,39)(H,40,46,47). The number of ether oxygens (including phenoxy) is 1. The van der Waals surface area contributed by atoms with E-state index in [9.17, 15) is 35.8 Å². The second kappa shape index (κ2) is 15.3. The lowest BCUT2D eigenvalue weighted by Crippen LogP contribution is -2.47. The number of rotatable bonds is 11. The molecule has 1 aromatic carbocycles. The summed E-state index contributed by atoms with van der Waals surface area (Å²) < 4.78 is 88.1. The van der Waals surface area contributed by atoms with E-state index in [0.717, 1.165) is 6.07 Å². The minimum absolute atomic E-state index is 0.0160. The lowest BCUT2D eigenvalue weighted by molar-refractivity contribution is -0.137. The fourth-order valence-corrected chi connectivity index (χ4v) is 7.95. The quantitative estimate of drug-likeness (QED) is 0.220. The molecule has 0 aliphatic carbocycles. The zero-order valence-corrected chi connectivity index (χ0v) is 28.2. The molecule has 3 saturated heterocycles. The van der Waals surface area contributed by atoms with E-state index in [4.69, 9.17) is 11.6 Å². The fraction of sp³-hybridized carbons (Fsp3) is 0.567. The van der Waals surface area contributed by atoms with Crippen molar-refractivity contribution in [2.24, 2.45) is 0 Å². The van der Waals surface area contributed by atoms with Gasteiger partial charge in [-0.15, -0.1) is 0 Å². The third-order valence-corrected chi connectivity index (χ3v) is 10.9. The molecule has 272 valence electrons. The van der Waals surface area contributed by atoms with Gasteiger partial charge in [0.05, 0.1) is 34.5 Å². The van der Waals surface area contributed by atoms with Crippen LogP contribution in [0.5, 0.6) is 5.75 Å².